The van der Waals surface area contributed by atoms with Crippen LogP contribution in [-0.2, 0) is 18.9 Å². The molecule has 0 aliphatic carbocycles. The molecular weight excluding hydrogens is 688 g/mol. The van der Waals surface area contributed by atoms with Gasteiger partial charge in [0.15, 0.2) is 0 Å². The van der Waals surface area contributed by atoms with E-state index < -0.39 is 33.3 Å². The quantitative estimate of drug-likeness (QED) is 0.152. The van der Waals surface area contributed by atoms with Crippen molar-refractivity contribution in [3.63, 3.8) is 0 Å². The fourth-order valence-corrected chi connectivity index (χ4v) is 5.94. The van der Waals surface area contributed by atoms with Crippen LogP contribution in [0.15, 0.2) is 91.0 Å². The lowest BCUT2D eigenvalue weighted by Crippen LogP contribution is -2.44. The van der Waals surface area contributed by atoms with Crippen molar-refractivity contribution in [1.29, 1.82) is 0 Å². The van der Waals surface area contributed by atoms with Crippen LogP contribution in [0.2, 0.25) is 0 Å². The zero-order chi connectivity index (χ0) is 37.0. The Balaban J connectivity index is 1.14. The number of amides is 2. The molecule has 0 spiro atoms. The Morgan fingerprint density at radius 3 is 1.64 bits per heavy atom. The van der Waals surface area contributed by atoms with Crippen LogP contribution in [0.1, 0.15) is 0 Å². The van der Waals surface area contributed by atoms with Crippen LogP contribution in [0.3, 0.4) is 0 Å². The minimum Gasteiger partial charge on any atom is -0.491 e. The molecule has 0 saturated heterocycles. The molecule has 0 saturated carbocycles. The van der Waals surface area contributed by atoms with Gasteiger partial charge in [-0.15, -0.1) is 0 Å². The van der Waals surface area contributed by atoms with Crippen molar-refractivity contribution in [2.24, 2.45) is 0 Å². The number of ether oxygens (including phenoxy) is 6. The van der Waals surface area contributed by atoms with E-state index in [2.05, 4.69) is 34.9 Å². The molecule has 0 aromatic heterocycles. The Kier molecular flexibility index (Phi) is 12.6. The molecule has 0 bridgehead atoms. The number of non-ortho nitro benzene ring substituents is 1. The summed E-state index contributed by atoms with van der Waals surface area (Å²) >= 11 is 0. The molecule has 0 atom stereocenters. The van der Waals surface area contributed by atoms with Crippen LogP contribution in [0.4, 0.5) is 21.9 Å². The van der Waals surface area contributed by atoms with E-state index in [0.29, 0.717) is 11.5 Å². The van der Waals surface area contributed by atoms with Gasteiger partial charge in [-0.2, -0.15) is 0 Å². The van der Waals surface area contributed by atoms with Gasteiger partial charge in [-0.3, -0.25) is 20.2 Å². The maximum Gasteiger partial charge on any atom is 0.319 e. The van der Waals surface area contributed by atoms with Crippen molar-refractivity contribution < 1.29 is 43.1 Å². The van der Waals surface area contributed by atoms with Gasteiger partial charge < -0.3 is 39.1 Å². The Hall–Kier alpha value is -5.87. The Morgan fingerprint density at radius 2 is 1.11 bits per heavy atom. The van der Waals surface area contributed by atoms with E-state index in [0.717, 1.165) is 50.9 Å². The van der Waals surface area contributed by atoms with Crippen LogP contribution in [-0.4, -0.2) is 88.0 Å². The largest absolute Gasteiger partial charge is 0.491 e. The number of urea groups is 1. The van der Waals surface area contributed by atoms with E-state index in [1.165, 1.54) is 0 Å². The molecule has 0 fully saturated rings. The van der Waals surface area contributed by atoms with Gasteiger partial charge >= 0.3 is 6.03 Å². The molecule has 2 N–H and O–H groups in total. The van der Waals surface area contributed by atoms with Crippen LogP contribution in [0.5, 0.6) is 11.5 Å². The molecule has 0 unspecified atom stereocenters. The number of carbonyl (C=O) groups is 1. The highest BCUT2D eigenvalue weighted by Crippen LogP contribution is 2.45. The average Bonchev–Trinajstić information content (AvgIpc) is 3.16. The first kappa shape index (κ1) is 36.9. The summed E-state index contributed by atoms with van der Waals surface area (Å²) in [6, 6.07) is 25.8. The first-order chi connectivity index (χ1) is 25.9. The highest BCUT2D eigenvalue weighted by molar-refractivity contribution is 6.09. The molecule has 0 radical (unpaired) electrons. The lowest BCUT2D eigenvalue weighted by atomic mass is 9.92. The second-order valence-corrected chi connectivity index (χ2v) is 11.9. The van der Waals surface area contributed by atoms with Gasteiger partial charge in [0.05, 0.1) is 74.8 Å². The molecule has 6 rings (SSSR count). The predicted octanol–water partition coefficient (Wildman–Crippen LogP) is 6.50. The number of benzene rings is 5. The summed E-state index contributed by atoms with van der Waals surface area (Å²) in [7, 11) is 0. The van der Waals surface area contributed by atoms with Crippen LogP contribution in [0, 0.1) is 20.2 Å². The Labute approximate surface area is 304 Å². The maximum atomic E-state index is 12.8. The smallest absolute Gasteiger partial charge is 0.319 e. The van der Waals surface area contributed by atoms with Crippen molar-refractivity contribution in [2.75, 3.05) is 71.4 Å². The number of nitrogens with zero attached hydrogens (tertiary/aromatic N) is 2. The maximum absolute atomic E-state index is 12.8. The van der Waals surface area contributed by atoms with Gasteiger partial charge in [0.1, 0.15) is 30.4 Å². The Bertz CT molecular complexity index is 1970. The molecular formula is C38H38N4O11. The van der Waals surface area contributed by atoms with Gasteiger partial charge in [-0.05, 0) is 39.7 Å². The summed E-state index contributed by atoms with van der Waals surface area (Å²) in [5.74, 6) is 1.38. The molecule has 15 heteroatoms. The van der Waals surface area contributed by atoms with Gasteiger partial charge in [0, 0.05) is 17.2 Å². The zero-order valence-electron chi connectivity index (χ0n) is 28.7. The van der Waals surface area contributed by atoms with Crippen LogP contribution >= 0.6 is 0 Å². The van der Waals surface area contributed by atoms with E-state index in [1.807, 2.05) is 48.5 Å². The number of carbonyl (C=O) groups excluding carboxylic acids is 1. The normalized spacial score (nSPS) is 15.5. The topological polar surface area (TPSA) is 183 Å². The second kappa shape index (κ2) is 18.1. The fourth-order valence-electron chi connectivity index (χ4n) is 5.94. The number of hydrogen-bond donors (Lipinski definition) is 2. The summed E-state index contributed by atoms with van der Waals surface area (Å²) in [6.45, 7) is 2.09. The summed E-state index contributed by atoms with van der Waals surface area (Å²) in [4.78, 5) is 33.9. The van der Waals surface area contributed by atoms with Gasteiger partial charge in [0.25, 0.3) is 11.4 Å². The molecule has 2 amide bonds. The van der Waals surface area contributed by atoms with Gasteiger partial charge in [-0.25, -0.2) is 4.79 Å². The molecule has 5 aromatic rings. The zero-order valence-corrected chi connectivity index (χ0v) is 28.7. The SMILES string of the molecule is O=C(Nc1ccc([N+](=O)[O-])cc1[N+](=O)[O-])NC1COCCOCCOc2ccc3ccccc3c2-c2c(ccc3ccccc23)OCCOCCOC1. The molecule has 53 heavy (non-hydrogen) atoms. The number of hydrogen-bond acceptors (Lipinski definition) is 11. The van der Waals surface area contributed by atoms with E-state index >= 15 is 0 Å². The minimum absolute atomic E-state index is 0.0387. The first-order valence-corrected chi connectivity index (χ1v) is 17.0. The standard InChI is InChI=1S/C38H38N4O11/c43-38(40-32-12-11-29(41(44)45)23-33(32)42(46)47)39-28-24-50-17-15-48-19-21-52-34-13-9-26-5-1-3-7-30(26)36(34)37-31-8-4-2-6-27(31)10-14-35(37)53-22-20-49-16-18-51-25-28/h1-14,23,28H,15-22,24-25H2,(H2,39,40,43). The highest BCUT2D eigenvalue weighted by Gasteiger charge is 2.23. The van der Waals surface area contributed by atoms with Crippen molar-refractivity contribution in [2.45, 2.75) is 6.04 Å². The second-order valence-electron chi connectivity index (χ2n) is 11.9. The molecule has 1 aliphatic rings. The number of fused-ring (bicyclic) bond motifs is 7. The minimum atomic E-state index is -0.811. The fraction of sp³-hybridized carbons (Fsp3) is 0.289. The van der Waals surface area contributed by atoms with Gasteiger partial charge in [0.2, 0.25) is 0 Å². The van der Waals surface area contributed by atoms with E-state index in [9.17, 15) is 25.0 Å². The molecule has 276 valence electrons. The summed E-state index contributed by atoms with van der Waals surface area (Å²) in [6.07, 6.45) is 0. The summed E-state index contributed by atoms with van der Waals surface area (Å²) < 4.78 is 35.8. The van der Waals surface area contributed by atoms with E-state index in [4.69, 9.17) is 28.4 Å². The van der Waals surface area contributed by atoms with Crippen molar-refractivity contribution in [3.8, 4) is 22.6 Å². The average molecular weight is 727 g/mol. The van der Waals surface area contributed by atoms with Crippen LogP contribution < -0.4 is 20.1 Å². The molecule has 1 heterocycles. The third kappa shape index (κ3) is 9.52. The predicted molar refractivity (Wildman–Crippen MR) is 197 cm³/mol. The number of anilines is 1. The van der Waals surface area contributed by atoms with Crippen molar-refractivity contribution >= 4 is 44.6 Å². The third-order valence-corrected chi connectivity index (χ3v) is 8.36. The first-order valence-electron chi connectivity index (χ1n) is 17.0. The van der Waals surface area contributed by atoms with Gasteiger partial charge in [-0.1, -0.05) is 60.7 Å². The summed E-state index contributed by atoms with van der Waals surface area (Å²) in [5.41, 5.74) is 0.535. The van der Waals surface area contributed by atoms with Crippen molar-refractivity contribution in [3.05, 3.63) is 111 Å². The number of rotatable bonds is 4. The highest BCUT2D eigenvalue weighted by atomic mass is 16.6. The number of nitro benzene ring substituents is 2. The number of nitro groups is 2. The number of nitrogens with one attached hydrogen (secondary N) is 2. The lowest BCUT2D eigenvalue weighted by molar-refractivity contribution is -0.393. The monoisotopic (exact) mass is 726 g/mol. The molecule has 5 aromatic carbocycles. The molecule has 15 nitrogen and oxygen atoms in total. The third-order valence-electron chi connectivity index (χ3n) is 8.36. The van der Waals surface area contributed by atoms with E-state index in [-0.39, 0.29) is 71.8 Å². The lowest BCUT2D eigenvalue weighted by Gasteiger charge is -2.20. The molecule has 1 aliphatic heterocycles. The Morgan fingerprint density at radius 1 is 0.604 bits per heavy atom. The van der Waals surface area contributed by atoms with Crippen molar-refractivity contribution in [1.82, 2.24) is 5.32 Å². The van der Waals surface area contributed by atoms with E-state index in [1.54, 1.807) is 0 Å². The summed E-state index contributed by atoms with van der Waals surface area (Å²) in [5, 5.41) is 31.8. The van der Waals surface area contributed by atoms with Crippen LogP contribution in [0.25, 0.3) is 32.7 Å².